The molecule has 22 heavy (non-hydrogen) atoms. The van der Waals surface area contributed by atoms with Crippen LogP contribution in [0, 0.1) is 12.3 Å². The minimum atomic E-state index is -1.14. The summed E-state index contributed by atoms with van der Waals surface area (Å²) in [5.74, 6) is 1.58. The average Bonchev–Trinajstić information content (AvgIpc) is 2.54. The van der Waals surface area contributed by atoms with Crippen molar-refractivity contribution >= 4 is 11.9 Å². The number of nitrogens with one attached hydrogen (secondary N) is 1. The van der Waals surface area contributed by atoms with Gasteiger partial charge in [-0.05, 0) is 37.1 Å². The maximum Gasteiger partial charge on any atom is 0.329 e. The fourth-order valence-corrected chi connectivity index (χ4v) is 2.66. The van der Waals surface area contributed by atoms with Gasteiger partial charge < -0.3 is 15.2 Å². The summed E-state index contributed by atoms with van der Waals surface area (Å²) in [5, 5.41) is 12.2. The van der Waals surface area contributed by atoms with Crippen molar-refractivity contribution in [1.29, 1.82) is 0 Å². The van der Waals surface area contributed by atoms with Gasteiger partial charge in [-0.15, -0.1) is 6.42 Å². The molecule has 0 atom stereocenters. The van der Waals surface area contributed by atoms with Crippen LogP contribution in [0.4, 0.5) is 0 Å². The Labute approximate surface area is 129 Å². The number of aliphatic carboxylic acids is 1. The highest BCUT2D eigenvalue weighted by Gasteiger charge is 2.41. The fraction of sp³-hybridized carbons (Fsp3) is 0.412. The molecule has 1 aliphatic carbocycles. The molecule has 0 radical (unpaired) electrons. The van der Waals surface area contributed by atoms with E-state index in [9.17, 15) is 14.7 Å². The third-order valence-corrected chi connectivity index (χ3v) is 3.91. The lowest BCUT2D eigenvalue weighted by molar-refractivity contribution is -0.145. The Hall–Kier alpha value is -2.48. The molecule has 1 amide bonds. The second kappa shape index (κ2) is 6.99. The lowest BCUT2D eigenvalue weighted by Crippen LogP contribution is -2.55. The van der Waals surface area contributed by atoms with E-state index in [-0.39, 0.29) is 12.5 Å². The van der Waals surface area contributed by atoms with Gasteiger partial charge in [0.2, 0.25) is 0 Å². The summed E-state index contributed by atoms with van der Waals surface area (Å²) in [5.41, 5.74) is -0.743. The van der Waals surface area contributed by atoms with Gasteiger partial charge in [0.1, 0.15) is 17.9 Å². The minimum absolute atomic E-state index is 0.160. The Morgan fingerprint density at radius 2 is 1.86 bits per heavy atom. The lowest BCUT2D eigenvalue weighted by Gasteiger charge is -2.34. The van der Waals surface area contributed by atoms with Crippen LogP contribution < -0.4 is 10.1 Å². The first-order chi connectivity index (χ1) is 10.6. The number of carboxylic acid groups (broad SMARTS) is 1. The van der Waals surface area contributed by atoms with Crippen LogP contribution >= 0.6 is 0 Å². The van der Waals surface area contributed by atoms with E-state index in [1.54, 1.807) is 24.3 Å². The molecule has 1 aliphatic rings. The fourth-order valence-electron chi connectivity index (χ4n) is 2.66. The van der Waals surface area contributed by atoms with Gasteiger partial charge in [-0.1, -0.05) is 25.2 Å². The first kappa shape index (κ1) is 15.9. The van der Waals surface area contributed by atoms with Crippen molar-refractivity contribution in [2.24, 2.45) is 0 Å². The van der Waals surface area contributed by atoms with E-state index in [1.165, 1.54) is 0 Å². The Kier molecular flexibility index (Phi) is 5.05. The van der Waals surface area contributed by atoms with Gasteiger partial charge in [0.05, 0.1) is 0 Å². The molecule has 0 spiro atoms. The number of rotatable bonds is 5. The topological polar surface area (TPSA) is 75.6 Å². The number of hydrogen-bond acceptors (Lipinski definition) is 3. The number of ether oxygens (including phenoxy) is 1. The monoisotopic (exact) mass is 301 g/mol. The molecular weight excluding hydrogens is 282 g/mol. The minimum Gasteiger partial charge on any atom is -0.481 e. The highest BCUT2D eigenvalue weighted by molar-refractivity contribution is 5.98. The van der Waals surface area contributed by atoms with Crippen molar-refractivity contribution in [2.45, 2.75) is 37.6 Å². The maximum absolute atomic E-state index is 12.3. The molecule has 1 aromatic rings. The second-order valence-electron chi connectivity index (χ2n) is 5.42. The van der Waals surface area contributed by atoms with E-state index in [2.05, 4.69) is 11.2 Å². The summed E-state index contributed by atoms with van der Waals surface area (Å²) in [6.07, 6.45) is 8.67. The van der Waals surface area contributed by atoms with Crippen LogP contribution in [0.2, 0.25) is 0 Å². The van der Waals surface area contributed by atoms with Crippen molar-refractivity contribution in [1.82, 2.24) is 5.32 Å². The zero-order chi connectivity index (χ0) is 16.0. The summed E-state index contributed by atoms with van der Waals surface area (Å²) < 4.78 is 5.24. The maximum atomic E-state index is 12.3. The molecule has 1 fully saturated rings. The molecule has 116 valence electrons. The van der Waals surface area contributed by atoms with Crippen LogP contribution in [0.5, 0.6) is 5.75 Å². The summed E-state index contributed by atoms with van der Waals surface area (Å²) in [7, 11) is 0. The molecule has 1 aromatic carbocycles. The second-order valence-corrected chi connectivity index (χ2v) is 5.42. The first-order valence-electron chi connectivity index (χ1n) is 7.30. The van der Waals surface area contributed by atoms with Gasteiger partial charge in [0.15, 0.2) is 0 Å². The van der Waals surface area contributed by atoms with Crippen LogP contribution in [-0.2, 0) is 4.79 Å². The molecule has 2 rings (SSSR count). The highest BCUT2D eigenvalue weighted by Crippen LogP contribution is 2.29. The summed E-state index contributed by atoms with van der Waals surface area (Å²) in [4.78, 5) is 23.9. The third-order valence-electron chi connectivity index (χ3n) is 3.91. The van der Waals surface area contributed by atoms with Crippen molar-refractivity contribution in [3.63, 3.8) is 0 Å². The zero-order valence-corrected chi connectivity index (χ0v) is 12.3. The Morgan fingerprint density at radius 1 is 1.23 bits per heavy atom. The zero-order valence-electron chi connectivity index (χ0n) is 12.3. The van der Waals surface area contributed by atoms with Gasteiger partial charge in [0, 0.05) is 5.56 Å². The Morgan fingerprint density at radius 3 is 2.41 bits per heavy atom. The molecule has 0 heterocycles. The summed E-state index contributed by atoms with van der Waals surface area (Å²) >= 11 is 0. The molecule has 5 nitrogen and oxygen atoms in total. The van der Waals surface area contributed by atoms with E-state index in [1.807, 2.05) is 0 Å². The largest absolute Gasteiger partial charge is 0.481 e. The molecule has 0 bridgehead atoms. The molecule has 2 N–H and O–H groups in total. The quantitative estimate of drug-likeness (QED) is 0.818. The molecule has 0 aliphatic heterocycles. The van der Waals surface area contributed by atoms with Gasteiger partial charge in [-0.3, -0.25) is 4.79 Å². The van der Waals surface area contributed by atoms with Crippen LogP contribution in [0.25, 0.3) is 0 Å². The Balaban J connectivity index is 2.07. The standard InChI is InChI=1S/C17H19NO4/c1-2-12-22-14-8-6-13(7-9-14)15(19)18-17(16(20)21)10-4-3-5-11-17/h1,6-9H,3-5,10-12H2,(H,18,19)(H,20,21). The van der Waals surface area contributed by atoms with Crippen molar-refractivity contribution in [3.8, 4) is 18.1 Å². The van der Waals surface area contributed by atoms with Crippen LogP contribution in [-0.4, -0.2) is 29.1 Å². The van der Waals surface area contributed by atoms with Crippen LogP contribution in [0.1, 0.15) is 42.5 Å². The van der Waals surface area contributed by atoms with E-state index in [4.69, 9.17) is 11.2 Å². The van der Waals surface area contributed by atoms with Gasteiger partial charge in [-0.2, -0.15) is 0 Å². The van der Waals surface area contributed by atoms with Crippen molar-refractivity contribution in [3.05, 3.63) is 29.8 Å². The molecule has 5 heteroatoms. The lowest BCUT2D eigenvalue weighted by atomic mass is 9.81. The molecule has 1 saturated carbocycles. The molecule has 0 unspecified atom stereocenters. The number of hydrogen-bond donors (Lipinski definition) is 2. The van der Waals surface area contributed by atoms with Crippen molar-refractivity contribution in [2.75, 3.05) is 6.61 Å². The van der Waals surface area contributed by atoms with Crippen LogP contribution in [0.15, 0.2) is 24.3 Å². The van der Waals surface area contributed by atoms with Gasteiger partial charge in [-0.25, -0.2) is 4.79 Å². The van der Waals surface area contributed by atoms with E-state index < -0.39 is 11.5 Å². The summed E-state index contributed by atoms with van der Waals surface area (Å²) in [6, 6.07) is 6.47. The smallest absolute Gasteiger partial charge is 0.329 e. The van der Waals surface area contributed by atoms with Gasteiger partial charge >= 0.3 is 5.97 Å². The number of carbonyl (C=O) groups is 2. The van der Waals surface area contributed by atoms with E-state index in [0.717, 1.165) is 19.3 Å². The normalized spacial score (nSPS) is 16.3. The average molecular weight is 301 g/mol. The first-order valence-corrected chi connectivity index (χ1v) is 7.30. The third kappa shape index (κ3) is 3.59. The number of carbonyl (C=O) groups excluding carboxylic acids is 1. The number of carboxylic acids is 1. The highest BCUT2D eigenvalue weighted by atomic mass is 16.5. The molecule has 0 saturated heterocycles. The number of terminal acetylenes is 1. The molecule has 0 aromatic heterocycles. The van der Waals surface area contributed by atoms with E-state index >= 15 is 0 Å². The van der Waals surface area contributed by atoms with Crippen LogP contribution in [0.3, 0.4) is 0 Å². The SMILES string of the molecule is C#CCOc1ccc(C(=O)NC2(C(=O)O)CCCCC2)cc1. The Bertz CT molecular complexity index is 580. The molecular formula is C17H19NO4. The van der Waals surface area contributed by atoms with Crippen molar-refractivity contribution < 1.29 is 19.4 Å². The predicted octanol–water partition coefficient (Wildman–Crippen LogP) is 2.22. The predicted molar refractivity (Wildman–Crippen MR) is 81.7 cm³/mol. The summed E-state index contributed by atoms with van der Waals surface area (Å²) in [6.45, 7) is 0.160. The number of benzene rings is 1. The van der Waals surface area contributed by atoms with Gasteiger partial charge in [0.25, 0.3) is 5.91 Å². The van der Waals surface area contributed by atoms with E-state index in [0.29, 0.717) is 24.2 Å². The number of amides is 1.